The molecule has 8 nitrogen and oxygen atoms in total. The molecule has 1 aromatic heterocycles. The molecule has 0 unspecified atom stereocenters. The van der Waals surface area contributed by atoms with E-state index in [0.29, 0.717) is 30.0 Å². The van der Waals surface area contributed by atoms with Crippen molar-refractivity contribution in [1.82, 2.24) is 14.9 Å². The number of carbonyl (C=O) groups excluding carboxylic acids is 2. The average Bonchev–Trinajstić information content (AvgIpc) is 3.18. The summed E-state index contributed by atoms with van der Waals surface area (Å²) >= 11 is 0. The van der Waals surface area contributed by atoms with Gasteiger partial charge >= 0.3 is 0 Å². The third-order valence-electron chi connectivity index (χ3n) is 5.36. The molecule has 0 spiro atoms. The van der Waals surface area contributed by atoms with Gasteiger partial charge in [-0.1, -0.05) is 18.2 Å². The van der Waals surface area contributed by atoms with Crippen LogP contribution in [0, 0.1) is 0 Å². The number of anilines is 1. The van der Waals surface area contributed by atoms with Gasteiger partial charge in [-0.15, -0.1) is 0 Å². The van der Waals surface area contributed by atoms with Crippen LogP contribution in [0.1, 0.15) is 16.2 Å². The largest absolute Gasteiger partial charge is 0.497 e. The van der Waals surface area contributed by atoms with Gasteiger partial charge in [-0.05, 0) is 54.6 Å². The van der Waals surface area contributed by atoms with Crippen LogP contribution >= 0.6 is 0 Å². The number of hydrogen-bond donors (Lipinski definition) is 2. The van der Waals surface area contributed by atoms with Crippen molar-refractivity contribution in [2.24, 2.45) is 7.05 Å². The minimum absolute atomic E-state index is 0.110. The second kappa shape index (κ2) is 10.5. The molecule has 0 bridgehead atoms. The van der Waals surface area contributed by atoms with Crippen LogP contribution < -0.4 is 20.1 Å². The van der Waals surface area contributed by atoms with Gasteiger partial charge in [0.2, 0.25) is 0 Å². The number of ether oxygens (including phenoxy) is 2. The van der Waals surface area contributed by atoms with E-state index in [1.807, 2.05) is 48.0 Å². The molecule has 0 saturated carbocycles. The Labute approximate surface area is 197 Å². The lowest BCUT2D eigenvalue weighted by atomic mass is 10.2. The Balaban J connectivity index is 1.33. The Bertz CT molecular complexity index is 1280. The number of rotatable bonds is 9. The first-order valence-electron chi connectivity index (χ1n) is 10.9. The molecule has 2 N–H and O–H groups in total. The molecule has 4 rings (SSSR count). The number of benzene rings is 3. The fraction of sp³-hybridized carbons (Fsp3) is 0.192. The van der Waals surface area contributed by atoms with Crippen LogP contribution in [0.3, 0.4) is 0 Å². The van der Waals surface area contributed by atoms with Gasteiger partial charge < -0.3 is 24.7 Å². The van der Waals surface area contributed by atoms with Crippen LogP contribution in [0.2, 0.25) is 0 Å². The van der Waals surface area contributed by atoms with E-state index in [4.69, 9.17) is 9.47 Å². The number of carbonyl (C=O) groups is 2. The van der Waals surface area contributed by atoms with Crippen molar-refractivity contribution in [1.29, 1.82) is 0 Å². The highest BCUT2D eigenvalue weighted by Gasteiger charge is 2.11. The zero-order chi connectivity index (χ0) is 23.9. The number of aromatic nitrogens is 2. The molecule has 8 heteroatoms. The average molecular weight is 459 g/mol. The van der Waals surface area contributed by atoms with Crippen molar-refractivity contribution < 1.29 is 19.1 Å². The molecule has 0 atom stereocenters. The van der Waals surface area contributed by atoms with E-state index >= 15 is 0 Å². The minimum Gasteiger partial charge on any atom is -0.497 e. The highest BCUT2D eigenvalue weighted by Crippen LogP contribution is 2.20. The van der Waals surface area contributed by atoms with Crippen molar-refractivity contribution in [2.75, 3.05) is 25.6 Å². The fourth-order valence-corrected chi connectivity index (χ4v) is 3.55. The van der Waals surface area contributed by atoms with Crippen molar-refractivity contribution in [3.63, 3.8) is 0 Å². The number of nitrogens with zero attached hydrogens (tertiary/aromatic N) is 2. The molecule has 3 aromatic carbocycles. The Kier molecular flexibility index (Phi) is 7.07. The van der Waals surface area contributed by atoms with Crippen LogP contribution in [0.5, 0.6) is 11.5 Å². The molecule has 34 heavy (non-hydrogen) atoms. The maximum Gasteiger partial charge on any atom is 0.262 e. The molecular formula is C26H26N4O4. The molecule has 0 saturated heterocycles. The molecular weight excluding hydrogens is 432 g/mol. The third-order valence-corrected chi connectivity index (χ3v) is 5.36. The molecule has 2 amide bonds. The first kappa shape index (κ1) is 22.8. The van der Waals surface area contributed by atoms with Crippen molar-refractivity contribution in [2.45, 2.75) is 6.42 Å². The standard InChI is InChI=1S/C26H26N4O4/c1-30-23-13-8-19(28-25(31)17-34-21-11-9-20(33-2)10-12-21)16-22(23)29-24(30)14-15-27-26(32)18-6-4-3-5-7-18/h3-13,16H,14-15,17H2,1-2H3,(H,27,32)(H,28,31). The molecule has 0 aliphatic heterocycles. The summed E-state index contributed by atoms with van der Waals surface area (Å²) in [6.45, 7) is 0.357. The van der Waals surface area contributed by atoms with Crippen LogP contribution in [0.4, 0.5) is 5.69 Å². The van der Waals surface area contributed by atoms with Crippen LogP contribution in [-0.2, 0) is 18.3 Å². The topological polar surface area (TPSA) is 94.5 Å². The predicted octanol–water partition coefficient (Wildman–Crippen LogP) is 3.57. The van der Waals surface area contributed by atoms with Gasteiger partial charge in [-0.3, -0.25) is 9.59 Å². The highest BCUT2D eigenvalue weighted by molar-refractivity contribution is 5.94. The van der Waals surface area contributed by atoms with E-state index < -0.39 is 0 Å². The highest BCUT2D eigenvalue weighted by atomic mass is 16.5. The smallest absolute Gasteiger partial charge is 0.262 e. The molecule has 0 radical (unpaired) electrons. The second-order valence-corrected chi connectivity index (χ2v) is 7.67. The lowest BCUT2D eigenvalue weighted by molar-refractivity contribution is -0.118. The Hall–Kier alpha value is -4.33. The number of nitrogens with one attached hydrogen (secondary N) is 2. The lowest BCUT2D eigenvalue weighted by Gasteiger charge is -2.08. The monoisotopic (exact) mass is 458 g/mol. The Morgan fingerprint density at radius 2 is 1.71 bits per heavy atom. The predicted molar refractivity (Wildman–Crippen MR) is 130 cm³/mol. The van der Waals surface area contributed by atoms with Gasteiger partial charge in [0.15, 0.2) is 6.61 Å². The Morgan fingerprint density at radius 3 is 2.44 bits per heavy atom. The third kappa shape index (κ3) is 5.53. The summed E-state index contributed by atoms with van der Waals surface area (Å²) in [6, 6.07) is 21.7. The maximum atomic E-state index is 12.3. The summed E-state index contributed by atoms with van der Waals surface area (Å²) in [4.78, 5) is 29.2. The lowest BCUT2D eigenvalue weighted by Crippen LogP contribution is -2.26. The van der Waals surface area contributed by atoms with Crippen molar-refractivity contribution >= 4 is 28.5 Å². The zero-order valence-corrected chi connectivity index (χ0v) is 19.1. The number of hydrogen-bond acceptors (Lipinski definition) is 5. The van der Waals surface area contributed by atoms with Crippen molar-refractivity contribution in [3.8, 4) is 11.5 Å². The van der Waals surface area contributed by atoms with E-state index in [1.54, 1.807) is 43.5 Å². The van der Waals surface area contributed by atoms with Gasteiger partial charge in [0.25, 0.3) is 11.8 Å². The molecule has 0 aliphatic rings. The fourth-order valence-electron chi connectivity index (χ4n) is 3.55. The number of fused-ring (bicyclic) bond motifs is 1. The van der Waals surface area contributed by atoms with E-state index in [1.165, 1.54) is 0 Å². The van der Waals surface area contributed by atoms with Crippen LogP contribution in [-0.4, -0.2) is 41.6 Å². The number of methoxy groups -OCH3 is 1. The zero-order valence-electron chi connectivity index (χ0n) is 19.1. The number of imidazole rings is 1. The van der Waals surface area contributed by atoms with Crippen LogP contribution in [0.15, 0.2) is 72.8 Å². The first-order valence-corrected chi connectivity index (χ1v) is 10.9. The molecule has 0 aliphatic carbocycles. The van der Waals surface area contributed by atoms with Crippen LogP contribution in [0.25, 0.3) is 11.0 Å². The summed E-state index contributed by atoms with van der Waals surface area (Å²) in [5.74, 6) is 1.77. The first-order chi connectivity index (χ1) is 16.5. The second-order valence-electron chi connectivity index (χ2n) is 7.67. The van der Waals surface area contributed by atoms with Gasteiger partial charge in [0.1, 0.15) is 17.3 Å². The summed E-state index contributed by atoms with van der Waals surface area (Å²) in [7, 11) is 3.53. The van der Waals surface area contributed by atoms with Gasteiger partial charge in [0.05, 0.1) is 18.1 Å². The molecule has 174 valence electrons. The van der Waals surface area contributed by atoms with Gasteiger partial charge in [0, 0.05) is 31.3 Å². The molecule has 0 fully saturated rings. The summed E-state index contributed by atoms with van der Waals surface area (Å²) < 4.78 is 12.6. The molecule has 1 heterocycles. The van der Waals surface area contributed by atoms with E-state index in [-0.39, 0.29) is 18.4 Å². The quantitative estimate of drug-likeness (QED) is 0.400. The van der Waals surface area contributed by atoms with E-state index in [2.05, 4.69) is 15.6 Å². The normalized spacial score (nSPS) is 10.6. The summed E-state index contributed by atoms with van der Waals surface area (Å²) in [5.41, 5.74) is 2.97. The van der Waals surface area contributed by atoms with Gasteiger partial charge in [-0.25, -0.2) is 4.98 Å². The van der Waals surface area contributed by atoms with E-state index in [9.17, 15) is 9.59 Å². The minimum atomic E-state index is -0.269. The maximum absolute atomic E-state index is 12.3. The Morgan fingerprint density at radius 1 is 0.971 bits per heavy atom. The molecule has 4 aromatic rings. The van der Waals surface area contributed by atoms with Gasteiger partial charge in [-0.2, -0.15) is 0 Å². The van der Waals surface area contributed by atoms with Crippen molar-refractivity contribution in [3.05, 3.63) is 84.2 Å². The SMILES string of the molecule is COc1ccc(OCC(=O)Nc2ccc3c(c2)nc(CCNC(=O)c2ccccc2)n3C)cc1. The number of aryl methyl sites for hydroxylation is 1. The summed E-state index contributed by atoms with van der Waals surface area (Å²) in [5, 5.41) is 5.76. The summed E-state index contributed by atoms with van der Waals surface area (Å²) in [6.07, 6.45) is 0.584. The number of amides is 2. The van der Waals surface area contributed by atoms with E-state index in [0.717, 1.165) is 22.6 Å².